The first kappa shape index (κ1) is 23.0. The van der Waals surface area contributed by atoms with E-state index in [1.807, 2.05) is 25.8 Å². The zero-order chi connectivity index (χ0) is 19.1. The predicted octanol–water partition coefficient (Wildman–Crippen LogP) is 1.84. The van der Waals surface area contributed by atoms with Crippen molar-refractivity contribution in [2.45, 2.75) is 38.8 Å². The second kappa shape index (κ2) is 11.0. The largest absolute Gasteiger partial charge is 0.493 e. The van der Waals surface area contributed by atoms with E-state index in [-0.39, 0.29) is 36.9 Å². The van der Waals surface area contributed by atoms with Crippen molar-refractivity contribution in [2.24, 2.45) is 0 Å². The van der Waals surface area contributed by atoms with Crippen molar-refractivity contribution >= 4 is 24.2 Å². The first-order valence-electron chi connectivity index (χ1n) is 9.01. The zero-order valence-corrected chi connectivity index (χ0v) is 17.2. The molecular weight excluding hydrogens is 370 g/mol. The summed E-state index contributed by atoms with van der Waals surface area (Å²) >= 11 is 0. The van der Waals surface area contributed by atoms with Gasteiger partial charge in [-0.3, -0.25) is 9.59 Å². The average Bonchev–Trinajstić information content (AvgIpc) is 2.65. The quantitative estimate of drug-likeness (QED) is 0.731. The molecule has 8 heteroatoms. The lowest BCUT2D eigenvalue weighted by atomic mass is 10.0. The average molecular weight is 400 g/mol. The van der Waals surface area contributed by atoms with Crippen molar-refractivity contribution in [3.05, 3.63) is 23.8 Å². The van der Waals surface area contributed by atoms with Crippen LogP contribution in [0.2, 0.25) is 0 Å². The van der Waals surface area contributed by atoms with Crippen LogP contribution >= 0.6 is 12.4 Å². The molecule has 1 atom stereocenters. The van der Waals surface area contributed by atoms with E-state index in [1.54, 1.807) is 18.2 Å². The Bertz CT molecular complexity index is 639. The van der Waals surface area contributed by atoms with E-state index in [4.69, 9.17) is 9.47 Å². The lowest BCUT2D eigenvalue weighted by Crippen LogP contribution is -2.46. The zero-order valence-electron chi connectivity index (χ0n) is 16.4. The standard InChI is InChI=1S/C19H29N3O4.ClH/c1-13(2)21-18(23)12-26-16-8-7-14(10-17(16)25-4)19(24)22-9-5-6-15(11-22)20-3;/h7-8,10,13,15,20H,5-6,9,11-12H2,1-4H3,(H,21,23);1H. The summed E-state index contributed by atoms with van der Waals surface area (Å²) in [5.41, 5.74) is 0.553. The Morgan fingerprint density at radius 1 is 1.30 bits per heavy atom. The number of nitrogens with zero attached hydrogens (tertiary/aromatic N) is 1. The van der Waals surface area contributed by atoms with Gasteiger partial charge in [0.2, 0.25) is 0 Å². The number of carbonyl (C=O) groups excluding carboxylic acids is 2. The SMILES string of the molecule is CNC1CCCN(C(=O)c2ccc(OCC(=O)NC(C)C)c(OC)c2)C1.Cl. The summed E-state index contributed by atoms with van der Waals surface area (Å²) in [6.07, 6.45) is 2.06. The van der Waals surface area contributed by atoms with Crippen molar-refractivity contribution in [1.29, 1.82) is 0 Å². The lowest BCUT2D eigenvalue weighted by Gasteiger charge is -2.32. The van der Waals surface area contributed by atoms with Crippen LogP contribution < -0.4 is 20.1 Å². The molecule has 2 amide bonds. The molecule has 1 aromatic carbocycles. The fourth-order valence-electron chi connectivity index (χ4n) is 3.01. The number of benzene rings is 1. The molecule has 0 spiro atoms. The number of likely N-dealkylation sites (tertiary alicyclic amines) is 1. The van der Waals surface area contributed by atoms with Crippen LogP contribution in [0, 0.1) is 0 Å². The molecule has 1 saturated heterocycles. The number of hydrogen-bond donors (Lipinski definition) is 2. The first-order valence-corrected chi connectivity index (χ1v) is 9.01. The molecule has 1 unspecified atom stereocenters. The molecule has 27 heavy (non-hydrogen) atoms. The van der Waals surface area contributed by atoms with Crippen LogP contribution in [-0.2, 0) is 4.79 Å². The molecule has 7 nitrogen and oxygen atoms in total. The van der Waals surface area contributed by atoms with Crippen molar-refractivity contribution in [3.8, 4) is 11.5 Å². The second-order valence-corrected chi connectivity index (χ2v) is 6.76. The van der Waals surface area contributed by atoms with Crippen LogP contribution in [0.5, 0.6) is 11.5 Å². The number of ether oxygens (including phenoxy) is 2. The van der Waals surface area contributed by atoms with E-state index in [2.05, 4.69) is 10.6 Å². The van der Waals surface area contributed by atoms with E-state index in [9.17, 15) is 9.59 Å². The van der Waals surface area contributed by atoms with E-state index in [0.717, 1.165) is 19.4 Å². The minimum absolute atomic E-state index is 0. The topological polar surface area (TPSA) is 79.9 Å². The van der Waals surface area contributed by atoms with Crippen LogP contribution in [0.3, 0.4) is 0 Å². The Balaban J connectivity index is 0.00000364. The fourth-order valence-corrected chi connectivity index (χ4v) is 3.01. The number of carbonyl (C=O) groups is 2. The monoisotopic (exact) mass is 399 g/mol. The number of amides is 2. The van der Waals surface area contributed by atoms with Crippen molar-refractivity contribution in [3.63, 3.8) is 0 Å². The van der Waals surface area contributed by atoms with Gasteiger partial charge in [-0.15, -0.1) is 12.4 Å². The highest BCUT2D eigenvalue weighted by molar-refractivity contribution is 5.95. The van der Waals surface area contributed by atoms with Gasteiger partial charge >= 0.3 is 0 Å². The summed E-state index contributed by atoms with van der Waals surface area (Å²) in [4.78, 5) is 26.3. The summed E-state index contributed by atoms with van der Waals surface area (Å²) < 4.78 is 10.9. The number of rotatable bonds is 7. The molecule has 1 aliphatic rings. The van der Waals surface area contributed by atoms with Gasteiger partial charge in [-0.25, -0.2) is 0 Å². The van der Waals surface area contributed by atoms with Gasteiger partial charge in [0.25, 0.3) is 11.8 Å². The Morgan fingerprint density at radius 3 is 2.67 bits per heavy atom. The third-order valence-corrected chi connectivity index (χ3v) is 4.34. The summed E-state index contributed by atoms with van der Waals surface area (Å²) in [6, 6.07) is 5.44. The van der Waals surface area contributed by atoms with Crippen molar-refractivity contribution in [2.75, 3.05) is 33.9 Å². The van der Waals surface area contributed by atoms with Gasteiger partial charge in [0.05, 0.1) is 7.11 Å². The number of likely N-dealkylation sites (N-methyl/N-ethyl adjacent to an activating group) is 1. The molecule has 152 valence electrons. The number of methoxy groups -OCH3 is 1. The minimum Gasteiger partial charge on any atom is -0.493 e. The third-order valence-electron chi connectivity index (χ3n) is 4.34. The molecular formula is C19H30ClN3O4. The van der Waals surface area contributed by atoms with Gasteiger partial charge in [0, 0.05) is 30.7 Å². The van der Waals surface area contributed by atoms with Crippen LogP contribution in [0.15, 0.2) is 18.2 Å². The molecule has 1 heterocycles. The van der Waals surface area contributed by atoms with E-state index < -0.39 is 0 Å². The number of halogens is 1. The maximum Gasteiger partial charge on any atom is 0.258 e. The third kappa shape index (κ3) is 6.59. The summed E-state index contributed by atoms with van der Waals surface area (Å²) in [5.74, 6) is 0.658. The smallest absolute Gasteiger partial charge is 0.258 e. The van der Waals surface area contributed by atoms with Gasteiger partial charge in [0.1, 0.15) is 0 Å². The van der Waals surface area contributed by atoms with Crippen molar-refractivity contribution in [1.82, 2.24) is 15.5 Å². The normalized spacial score (nSPS) is 16.5. The molecule has 1 aromatic rings. The summed E-state index contributed by atoms with van der Waals surface area (Å²) in [7, 11) is 3.44. The summed E-state index contributed by atoms with van der Waals surface area (Å²) in [6.45, 7) is 5.13. The fraction of sp³-hybridized carbons (Fsp3) is 0.579. The lowest BCUT2D eigenvalue weighted by molar-refractivity contribution is -0.123. The Labute approximate surface area is 167 Å². The van der Waals surface area contributed by atoms with Gasteiger partial charge < -0.3 is 25.0 Å². The van der Waals surface area contributed by atoms with Crippen LogP contribution in [-0.4, -0.2) is 62.7 Å². The van der Waals surface area contributed by atoms with E-state index in [0.29, 0.717) is 29.6 Å². The molecule has 0 bridgehead atoms. The Kier molecular flexibility index (Phi) is 9.38. The van der Waals surface area contributed by atoms with Crippen LogP contribution in [0.4, 0.5) is 0 Å². The maximum absolute atomic E-state index is 12.8. The molecule has 1 aliphatic heterocycles. The summed E-state index contributed by atoms with van der Waals surface area (Å²) in [5, 5.41) is 6.00. The maximum atomic E-state index is 12.8. The first-order chi connectivity index (χ1) is 12.4. The molecule has 2 rings (SSSR count). The molecule has 0 saturated carbocycles. The predicted molar refractivity (Wildman–Crippen MR) is 107 cm³/mol. The highest BCUT2D eigenvalue weighted by Gasteiger charge is 2.24. The van der Waals surface area contributed by atoms with Crippen LogP contribution in [0.25, 0.3) is 0 Å². The van der Waals surface area contributed by atoms with E-state index >= 15 is 0 Å². The molecule has 0 aliphatic carbocycles. The highest BCUT2D eigenvalue weighted by atomic mass is 35.5. The molecule has 0 aromatic heterocycles. The van der Waals surface area contributed by atoms with E-state index in [1.165, 1.54) is 7.11 Å². The number of nitrogens with one attached hydrogen (secondary N) is 2. The Morgan fingerprint density at radius 2 is 2.04 bits per heavy atom. The molecule has 1 fully saturated rings. The van der Waals surface area contributed by atoms with Gasteiger partial charge in [-0.2, -0.15) is 0 Å². The van der Waals surface area contributed by atoms with Gasteiger partial charge in [-0.05, 0) is 51.9 Å². The highest BCUT2D eigenvalue weighted by Crippen LogP contribution is 2.29. The second-order valence-electron chi connectivity index (χ2n) is 6.76. The van der Waals surface area contributed by atoms with Gasteiger partial charge in [-0.1, -0.05) is 0 Å². The number of hydrogen-bond acceptors (Lipinski definition) is 5. The molecule has 2 N–H and O–H groups in total. The molecule has 0 radical (unpaired) electrons. The Hall–Kier alpha value is -1.99. The van der Waals surface area contributed by atoms with Crippen molar-refractivity contribution < 1.29 is 19.1 Å². The van der Waals surface area contributed by atoms with Gasteiger partial charge in [0.15, 0.2) is 18.1 Å². The minimum atomic E-state index is -0.200. The van der Waals surface area contributed by atoms with Crippen LogP contribution in [0.1, 0.15) is 37.0 Å². The number of piperidine rings is 1.